The van der Waals surface area contributed by atoms with Gasteiger partial charge in [0.25, 0.3) is 0 Å². The lowest BCUT2D eigenvalue weighted by atomic mass is 10.1. The predicted molar refractivity (Wildman–Crippen MR) is 95.0 cm³/mol. The summed E-state index contributed by atoms with van der Waals surface area (Å²) in [7, 11) is 0. The van der Waals surface area contributed by atoms with E-state index in [9.17, 15) is 9.59 Å². The average molecular weight is 340 g/mol. The number of amides is 2. The first kappa shape index (κ1) is 19.5. The monoisotopic (exact) mass is 339 g/mol. The van der Waals surface area contributed by atoms with E-state index in [1.165, 1.54) is 0 Å². The third kappa shape index (κ3) is 5.22. The number of carbonyl (C=O) groups is 2. The Morgan fingerprint density at radius 1 is 1.35 bits per heavy atom. The molecule has 0 aliphatic carbocycles. The minimum atomic E-state index is -0.261. The van der Waals surface area contributed by atoms with Gasteiger partial charge in [0.05, 0.1) is 5.92 Å². The lowest BCUT2D eigenvalue weighted by molar-refractivity contribution is -0.126. The number of hydrogen-bond donors (Lipinski definition) is 2. The van der Waals surface area contributed by atoms with Crippen molar-refractivity contribution in [3.8, 4) is 0 Å². The lowest BCUT2D eigenvalue weighted by Crippen LogP contribution is -2.41. The van der Waals surface area contributed by atoms with E-state index in [0.29, 0.717) is 13.1 Å². The highest BCUT2D eigenvalue weighted by atomic mass is 35.5. The first-order valence-electron chi connectivity index (χ1n) is 7.89. The van der Waals surface area contributed by atoms with Crippen LogP contribution in [0.25, 0.3) is 0 Å². The maximum absolute atomic E-state index is 12.2. The molecule has 0 saturated carbocycles. The van der Waals surface area contributed by atoms with Crippen molar-refractivity contribution in [2.45, 2.75) is 33.2 Å². The van der Waals surface area contributed by atoms with E-state index >= 15 is 0 Å². The molecule has 5 nitrogen and oxygen atoms in total. The van der Waals surface area contributed by atoms with Gasteiger partial charge in [0.1, 0.15) is 0 Å². The molecule has 128 valence electrons. The minimum absolute atomic E-state index is 0. The fourth-order valence-electron chi connectivity index (χ4n) is 2.68. The van der Waals surface area contributed by atoms with Crippen molar-refractivity contribution >= 4 is 29.9 Å². The van der Waals surface area contributed by atoms with Crippen LogP contribution in [0.4, 0.5) is 5.69 Å². The van der Waals surface area contributed by atoms with Crippen LogP contribution in [0, 0.1) is 12.8 Å². The SMILES string of the molecule is CCN[C@H](C)CNC(=O)C1CC(=O)N(c2ccc(C)cc2)C1.Cl. The highest BCUT2D eigenvalue weighted by Gasteiger charge is 2.34. The first-order chi connectivity index (χ1) is 10.5. The molecule has 1 unspecified atom stereocenters. The molecular formula is C17H26ClN3O2. The first-order valence-corrected chi connectivity index (χ1v) is 7.89. The van der Waals surface area contributed by atoms with Crippen molar-refractivity contribution in [2.75, 3.05) is 24.5 Å². The maximum atomic E-state index is 12.2. The average Bonchev–Trinajstić information content (AvgIpc) is 2.88. The van der Waals surface area contributed by atoms with Gasteiger partial charge in [0, 0.05) is 31.2 Å². The quantitative estimate of drug-likeness (QED) is 0.832. The van der Waals surface area contributed by atoms with Crippen molar-refractivity contribution in [2.24, 2.45) is 5.92 Å². The van der Waals surface area contributed by atoms with Crippen LogP contribution in [-0.2, 0) is 9.59 Å². The molecule has 0 bridgehead atoms. The summed E-state index contributed by atoms with van der Waals surface area (Å²) in [6, 6.07) is 8.06. The second-order valence-corrected chi connectivity index (χ2v) is 5.94. The molecule has 2 N–H and O–H groups in total. The van der Waals surface area contributed by atoms with Gasteiger partial charge in [0.15, 0.2) is 0 Å². The summed E-state index contributed by atoms with van der Waals surface area (Å²) in [5, 5.41) is 6.18. The normalized spacial score (nSPS) is 18.5. The van der Waals surface area contributed by atoms with E-state index in [0.717, 1.165) is 17.8 Å². The van der Waals surface area contributed by atoms with Crippen molar-refractivity contribution in [3.63, 3.8) is 0 Å². The molecule has 2 atom stereocenters. The molecule has 2 amide bonds. The zero-order valence-corrected chi connectivity index (χ0v) is 14.8. The van der Waals surface area contributed by atoms with Crippen LogP contribution < -0.4 is 15.5 Å². The van der Waals surface area contributed by atoms with Gasteiger partial charge in [-0.25, -0.2) is 0 Å². The summed E-state index contributed by atoms with van der Waals surface area (Å²) in [6.07, 6.45) is 0.287. The van der Waals surface area contributed by atoms with Gasteiger partial charge in [0.2, 0.25) is 11.8 Å². The van der Waals surface area contributed by atoms with E-state index in [2.05, 4.69) is 10.6 Å². The summed E-state index contributed by atoms with van der Waals surface area (Å²) < 4.78 is 0. The Morgan fingerprint density at radius 3 is 2.61 bits per heavy atom. The number of halogens is 1. The number of benzene rings is 1. The fraction of sp³-hybridized carbons (Fsp3) is 0.529. The topological polar surface area (TPSA) is 61.4 Å². The van der Waals surface area contributed by atoms with Gasteiger partial charge >= 0.3 is 0 Å². The number of nitrogens with zero attached hydrogens (tertiary/aromatic N) is 1. The molecule has 0 radical (unpaired) electrons. The Bertz CT molecular complexity index is 533. The smallest absolute Gasteiger partial charge is 0.227 e. The number of nitrogens with one attached hydrogen (secondary N) is 2. The second kappa shape index (κ2) is 8.89. The Hall–Kier alpha value is -1.59. The van der Waals surface area contributed by atoms with Crippen molar-refractivity contribution in [3.05, 3.63) is 29.8 Å². The third-order valence-corrected chi connectivity index (χ3v) is 3.98. The highest BCUT2D eigenvalue weighted by Crippen LogP contribution is 2.25. The van der Waals surface area contributed by atoms with Gasteiger partial charge in [-0.1, -0.05) is 24.6 Å². The van der Waals surface area contributed by atoms with Gasteiger partial charge in [-0.3, -0.25) is 9.59 Å². The van der Waals surface area contributed by atoms with Crippen LogP contribution >= 0.6 is 12.4 Å². The molecular weight excluding hydrogens is 314 g/mol. The van der Waals surface area contributed by atoms with E-state index in [1.807, 2.05) is 45.0 Å². The molecule has 0 spiro atoms. The molecule has 1 fully saturated rings. The Labute approximate surface area is 144 Å². The number of rotatable bonds is 6. The second-order valence-electron chi connectivity index (χ2n) is 5.94. The minimum Gasteiger partial charge on any atom is -0.354 e. The Morgan fingerprint density at radius 2 is 2.00 bits per heavy atom. The molecule has 6 heteroatoms. The third-order valence-electron chi connectivity index (χ3n) is 3.98. The zero-order valence-electron chi connectivity index (χ0n) is 14.0. The molecule has 1 aliphatic rings. The van der Waals surface area contributed by atoms with Crippen molar-refractivity contribution in [1.82, 2.24) is 10.6 Å². The Balaban J connectivity index is 0.00000264. The largest absolute Gasteiger partial charge is 0.354 e. The number of aryl methyl sites for hydroxylation is 1. The van der Waals surface area contributed by atoms with E-state index in [1.54, 1.807) is 4.90 Å². The van der Waals surface area contributed by atoms with E-state index in [-0.39, 0.29) is 42.6 Å². The summed E-state index contributed by atoms with van der Waals surface area (Å²) in [5.41, 5.74) is 2.02. The highest BCUT2D eigenvalue weighted by molar-refractivity contribution is 6.00. The van der Waals surface area contributed by atoms with Crippen LogP contribution in [0.3, 0.4) is 0 Å². The van der Waals surface area contributed by atoms with Gasteiger partial charge < -0.3 is 15.5 Å². The molecule has 1 aliphatic heterocycles. The number of anilines is 1. The van der Waals surface area contributed by atoms with Crippen molar-refractivity contribution in [1.29, 1.82) is 0 Å². The van der Waals surface area contributed by atoms with Gasteiger partial charge in [-0.05, 0) is 32.5 Å². The molecule has 1 saturated heterocycles. The lowest BCUT2D eigenvalue weighted by Gasteiger charge is -2.18. The van der Waals surface area contributed by atoms with Crippen LogP contribution in [0.1, 0.15) is 25.8 Å². The summed E-state index contributed by atoms with van der Waals surface area (Å²) in [6.45, 7) is 8.00. The summed E-state index contributed by atoms with van der Waals surface area (Å²) in [5.74, 6) is -0.279. The number of likely N-dealkylation sites (N-methyl/N-ethyl adjacent to an activating group) is 1. The molecule has 0 aromatic heterocycles. The van der Waals surface area contributed by atoms with Crippen LogP contribution in [0.2, 0.25) is 0 Å². The summed E-state index contributed by atoms with van der Waals surface area (Å²) >= 11 is 0. The molecule has 1 aromatic carbocycles. The molecule has 2 rings (SSSR count). The zero-order chi connectivity index (χ0) is 16.1. The van der Waals surface area contributed by atoms with Gasteiger partial charge in [-0.15, -0.1) is 12.4 Å². The maximum Gasteiger partial charge on any atom is 0.227 e. The van der Waals surface area contributed by atoms with Crippen LogP contribution in [-0.4, -0.2) is 37.5 Å². The predicted octanol–water partition coefficient (Wildman–Crippen LogP) is 1.88. The number of carbonyl (C=O) groups excluding carboxylic acids is 2. The van der Waals surface area contributed by atoms with E-state index in [4.69, 9.17) is 0 Å². The summed E-state index contributed by atoms with van der Waals surface area (Å²) in [4.78, 5) is 26.1. The number of hydrogen-bond acceptors (Lipinski definition) is 3. The van der Waals surface area contributed by atoms with Crippen molar-refractivity contribution < 1.29 is 9.59 Å². The molecule has 1 heterocycles. The Kier molecular flexibility index (Phi) is 7.52. The fourth-order valence-corrected chi connectivity index (χ4v) is 2.68. The van der Waals surface area contributed by atoms with Crippen LogP contribution in [0.15, 0.2) is 24.3 Å². The standard InChI is InChI=1S/C17H25N3O2.ClH/c1-4-18-13(3)10-19-17(22)14-9-16(21)20(11-14)15-7-5-12(2)6-8-15;/h5-8,13-14,18H,4,9-11H2,1-3H3,(H,19,22);1H/t13-,14?;/m1./s1. The van der Waals surface area contributed by atoms with E-state index < -0.39 is 0 Å². The van der Waals surface area contributed by atoms with Crippen LogP contribution in [0.5, 0.6) is 0 Å². The molecule has 1 aromatic rings. The molecule has 23 heavy (non-hydrogen) atoms. The van der Waals surface area contributed by atoms with Gasteiger partial charge in [-0.2, -0.15) is 0 Å².